The van der Waals surface area contributed by atoms with Gasteiger partial charge in [-0.15, -0.1) is 11.3 Å². The number of fused-ring (bicyclic) bond motifs is 1. The van der Waals surface area contributed by atoms with Gasteiger partial charge in [0.15, 0.2) is 0 Å². The first kappa shape index (κ1) is 14.5. The molecule has 3 heteroatoms. The molecule has 1 aromatic heterocycles. The van der Waals surface area contributed by atoms with Gasteiger partial charge in [-0.05, 0) is 31.0 Å². The number of thiazole rings is 1. The van der Waals surface area contributed by atoms with Crippen molar-refractivity contribution in [1.82, 2.24) is 10.3 Å². The van der Waals surface area contributed by atoms with E-state index in [9.17, 15) is 0 Å². The molecular weight excluding hydrogens is 252 g/mol. The van der Waals surface area contributed by atoms with Crippen LogP contribution in [0, 0.1) is 5.92 Å². The minimum Gasteiger partial charge on any atom is -0.308 e. The number of nitrogens with zero attached hydrogens (tertiary/aromatic N) is 1. The fourth-order valence-corrected chi connectivity index (χ4v) is 3.63. The van der Waals surface area contributed by atoms with Crippen molar-refractivity contribution in [1.29, 1.82) is 0 Å². The highest BCUT2D eigenvalue weighted by molar-refractivity contribution is 7.18. The van der Waals surface area contributed by atoms with Crippen molar-refractivity contribution in [2.45, 2.75) is 46.1 Å². The third-order valence-electron chi connectivity index (χ3n) is 3.48. The Hall–Kier alpha value is -0.930. The molecule has 2 aromatic rings. The predicted molar refractivity (Wildman–Crippen MR) is 84.7 cm³/mol. The third kappa shape index (κ3) is 3.77. The maximum Gasteiger partial charge on any atom is 0.111 e. The fourth-order valence-electron chi connectivity index (χ4n) is 2.57. The lowest BCUT2D eigenvalue weighted by Gasteiger charge is -2.19. The summed E-state index contributed by atoms with van der Waals surface area (Å²) in [7, 11) is 0. The molecule has 0 aliphatic rings. The summed E-state index contributed by atoms with van der Waals surface area (Å²) in [6.45, 7) is 7.78. The van der Waals surface area contributed by atoms with E-state index in [2.05, 4.69) is 50.4 Å². The van der Waals surface area contributed by atoms with Crippen LogP contribution in [0.1, 0.15) is 51.1 Å². The van der Waals surface area contributed by atoms with Gasteiger partial charge in [0.25, 0.3) is 0 Å². The van der Waals surface area contributed by atoms with E-state index in [4.69, 9.17) is 4.98 Å². The van der Waals surface area contributed by atoms with Gasteiger partial charge in [-0.1, -0.05) is 45.7 Å². The Kier molecular flexibility index (Phi) is 5.34. The maximum absolute atomic E-state index is 4.80. The van der Waals surface area contributed by atoms with Crippen molar-refractivity contribution >= 4 is 21.6 Å². The number of hydrogen-bond donors (Lipinski definition) is 1. The zero-order valence-corrected chi connectivity index (χ0v) is 13.0. The van der Waals surface area contributed by atoms with Gasteiger partial charge in [0, 0.05) is 0 Å². The van der Waals surface area contributed by atoms with Gasteiger partial charge in [-0.3, -0.25) is 0 Å². The molecule has 19 heavy (non-hydrogen) atoms. The van der Waals surface area contributed by atoms with Gasteiger partial charge in [-0.25, -0.2) is 4.98 Å². The Morgan fingerprint density at radius 1 is 1.26 bits per heavy atom. The Morgan fingerprint density at radius 3 is 2.74 bits per heavy atom. The van der Waals surface area contributed by atoms with E-state index in [1.165, 1.54) is 29.0 Å². The average Bonchev–Trinajstić information content (AvgIpc) is 2.82. The summed E-state index contributed by atoms with van der Waals surface area (Å²) in [5.41, 5.74) is 1.13. The van der Waals surface area contributed by atoms with E-state index in [0.717, 1.165) is 18.0 Å². The highest BCUT2D eigenvalue weighted by Gasteiger charge is 2.17. The molecule has 1 N–H and O–H groups in total. The van der Waals surface area contributed by atoms with E-state index >= 15 is 0 Å². The lowest BCUT2D eigenvalue weighted by atomic mass is 9.97. The second kappa shape index (κ2) is 7.01. The molecule has 1 aromatic carbocycles. The number of benzene rings is 1. The summed E-state index contributed by atoms with van der Waals surface area (Å²) < 4.78 is 1.29. The van der Waals surface area contributed by atoms with E-state index in [-0.39, 0.29) is 0 Å². The van der Waals surface area contributed by atoms with Crippen molar-refractivity contribution in [2.24, 2.45) is 5.92 Å². The molecule has 0 bridgehead atoms. The lowest BCUT2D eigenvalue weighted by molar-refractivity contribution is 0.395. The maximum atomic E-state index is 4.80. The van der Waals surface area contributed by atoms with Gasteiger partial charge in [0.1, 0.15) is 5.01 Å². The minimum absolute atomic E-state index is 0.406. The Bertz CT molecular complexity index is 473. The van der Waals surface area contributed by atoms with Gasteiger partial charge in [0.05, 0.1) is 16.3 Å². The molecule has 2 unspecified atom stereocenters. The summed E-state index contributed by atoms with van der Waals surface area (Å²) in [6, 6.07) is 8.83. The standard InChI is InChI=1S/C16H24N2S/c1-4-8-12(3)11-14(17-5-2)16-18-13-9-6-7-10-15(13)19-16/h6-7,9-10,12,14,17H,4-5,8,11H2,1-3H3. The highest BCUT2D eigenvalue weighted by Crippen LogP contribution is 2.30. The Labute approximate surface area is 120 Å². The van der Waals surface area contributed by atoms with E-state index in [1.54, 1.807) is 0 Å². The minimum atomic E-state index is 0.406. The van der Waals surface area contributed by atoms with Crippen LogP contribution in [0.2, 0.25) is 0 Å². The number of hydrogen-bond acceptors (Lipinski definition) is 3. The molecular formula is C16H24N2S. The van der Waals surface area contributed by atoms with Crippen LogP contribution >= 0.6 is 11.3 Å². The quantitative estimate of drug-likeness (QED) is 0.787. The molecule has 2 rings (SSSR count). The van der Waals surface area contributed by atoms with Gasteiger partial charge < -0.3 is 5.32 Å². The summed E-state index contributed by atoms with van der Waals surface area (Å²) >= 11 is 1.83. The van der Waals surface area contributed by atoms with Crippen LogP contribution in [0.25, 0.3) is 10.2 Å². The van der Waals surface area contributed by atoms with Crippen LogP contribution in [-0.4, -0.2) is 11.5 Å². The zero-order chi connectivity index (χ0) is 13.7. The van der Waals surface area contributed by atoms with Crippen molar-refractivity contribution < 1.29 is 0 Å². The van der Waals surface area contributed by atoms with Crippen molar-refractivity contribution in [3.8, 4) is 0 Å². The van der Waals surface area contributed by atoms with Gasteiger partial charge in [0.2, 0.25) is 0 Å². The Morgan fingerprint density at radius 2 is 2.05 bits per heavy atom. The molecule has 0 spiro atoms. The molecule has 0 saturated heterocycles. The molecule has 2 nitrogen and oxygen atoms in total. The average molecular weight is 276 g/mol. The smallest absolute Gasteiger partial charge is 0.111 e. The first-order valence-electron chi connectivity index (χ1n) is 7.33. The van der Waals surface area contributed by atoms with Gasteiger partial charge >= 0.3 is 0 Å². The number of nitrogens with one attached hydrogen (secondary N) is 1. The SMILES string of the molecule is CCCC(C)CC(NCC)c1nc2ccccc2s1. The summed E-state index contributed by atoms with van der Waals surface area (Å²) in [4.78, 5) is 4.80. The molecule has 104 valence electrons. The lowest BCUT2D eigenvalue weighted by Crippen LogP contribution is -2.22. The van der Waals surface area contributed by atoms with Crippen LogP contribution in [-0.2, 0) is 0 Å². The molecule has 2 atom stereocenters. The number of rotatable bonds is 7. The summed E-state index contributed by atoms with van der Waals surface area (Å²) in [6.07, 6.45) is 3.74. The van der Waals surface area contributed by atoms with Crippen LogP contribution in [0.5, 0.6) is 0 Å². The van der Waals surface area contributed by atoms with Crippen molar-refractivity contribution in [3.63, 3.8) is 0 Å². The number of para-hydroxylation sites is 1. The summed E-state index contributed by atoms with van der Waals surface area (Å²) in [5, 5.41) is 4.84. The third-order valence-corrected chi connectivity index (χ3v) is 4.63. The molecule has 0 fully saturated rings. The van der Waals surface area contributed by atoms with E-state index < -0.39 is 0 Å². The highest BCUT2D eigenvalue weighted by atomic mass is 32.1. The fraction of sp³-hybridized carbons (Fsp3) is 0.562. The second-order valence-electron chi connectivity index (χ2n) is 5.26. The van der Waals surface area contributed by atoms with Gasteiger partial charge in [-0.2, -0.15) is 0 Å². The monoisotopic (exact) mass is 276 g/mol. The molecule has 1 heterocycles. The van der Waals surface area contributed by atoms with Crippen LogP contribution < -0.4 is 5.32 Å². The first-order chi connectivity index (χ1) is 9.24. The van der Waals surface area contributed by atoms with Crippen molar-refractivity contribution in [3.05, 3.63) is 29.3 Å². The largest absolute Gasteiger partial charge is 0.308 e. The van der Waals surface area contributed by atoms with E-state index in [1.807, 2.05) is 11.3 Å². The molecule has 0 radical (unpaired) electrons. The molecule has 0 aliphatic carbocycles. The Balaban J connectivity index is 2.17. The zero-order valence-electron chi connectivity index (χ0n) is 12.1. The van der Waals surface area contributed by atoms with Crippen LogP contribution in [0.15, 0.2) is 24.3 Å². The van der Waals surface area contributed by atoms with Crippen LogP contribution in [0.4, 0.5) is 0 Å². The van der Waals surface area contributed by atoms with Crippen LogP contribution in [0.3, 0.4) is 0 Å². The summed E-state index contributed by atoms with van der Waals surface area (Å²) in [5.74, 6) is 0.751. The van der Waals surface area contributed by atoms with E-state index in [0.29, 0.717) is 6.04 Å². The second-order valence-corrected chi connectivity index (χ2v) is 6.32. The normalized spacial score (nSPS) is 14.7. The first-order valence-corrected chi connectivity index (χ1v) is 8.15. The molecule has 0 amide bonds. The topological polar surface area (TPSA) is 24.9 Å². The molecule has 0 saturated carbocycles. The number of aromatic nitrogens is 1. The molecule has 0 aliphatic heterocycles. The predicted octanol–water partition coefficient (Wildman–Crippen LogP) is 4.77. The van der Waals surface area contributed by atoms with Crippen molar-refractivity contribution in [2.75, 3.05) is 6.54 Å².